The Morgan fingerprint density at radius 2 is 1.08 bits per heavy atom. The van der Waals surface area contributed by atoms with Crippen LogP contribution in [0.25, 0.3) is 0 Å². The molecule has 0 aromatic carbocycles. The van der Waals surface area contributed by atoms with Crippen molar-refractivity contribution in [2.24, 2.45) is 0 Å². The monoisotopic (exact) mass is 336 g/mol. The predicted molar refractivity (Wildman–Crippen MR) is 100 cm³/mol. The van der Waals surface area contributed by atoms with Crippen molar-refractivity contribution >= 4 is 0 Å². The summed E-state index contributed by atoms with van der Waals surface area (Å²) in [4.78, 5) is 21.3. The van der Waals surface area contributed by atoms with E-state index in [1.54, 1.807) is 0 Å². The van der Waals surface area contributed by atoms with Crippen molar-refractivity contribution in [1.29, 1.82) is 0 Å². The minimum absolute atomic E-state index is 0.194. The second-order valence-corrected chi connectivity index (χ2v) is 6.56. The number of allylic oxidation sites excluding steroid dienone is 6. The summed E-state index contributed by atoms with van der Waals surface area (Å²) in [6.45, 7) is 12.9. The van der Waals surface area contributed by atoms with Crippen molar-refractivity contribution in [3.63, 3.8) is 0 Å². The van der Waals surface area contributed by atoms with Crippen LogP contribution in [0.3, 0.4) is 0 Å². The van der Waals surface area contributed by atoms with Gasteiger partial charge >= 0.3 is 5.09 Å². The minimum Gasteiger partial charge on any atom is -0.182 e. The van der Waals surface area contributed by atoms with Crippen LogP contribution in [0, 0.1) is 4.91 Å². The fraction of sp³-hybridized carbons (Fsp3) is 0.600. The van der Waals surface area contributed by atoms with Crippen LogP contribution in [-0.2, 0) is 9.68 Å². The minimum atomic E-state index is 0.194. The van der Waals surface area contributed by atoms with Crippen LogP contribution in [0.5, 0.6) is 0 Å². The van der Waals surface area contributed by atoms with Crippen LogP contribution in [0.4, 0.5) is 0 Å². The zero-order valence-electron chi connectivity index (χ0n) is 16.2. The van der Waals surface area contributed by atoms with Gasteiger partial charge in [-0.2, -0.15) is 9.68 Å². The summed E-state index contributed by atoms with van der Waals surface area (Å²) in [7, 11) is 0. The van der Waals surface area contributed by atoms with Crippen LogP contribution < -0.4 is 0 Å². The summed E-state index contributed by atoms with van der Waals surface area (Å²) >= 11 is 0. The van der Waals surface area contributed by atoms with Gasteiger partial charge < -0.3 is 0 Å². The van der Waals surface area contributed by atoms with Gasteiger partial charge in [0.1, 0.15) is 4.91 Å². The first kappa shape index (κ1) is 22.2. The van der Waals surface area contributed by atoms with Crippen molar-refractivity contribution < 1.29 is 14.8 Å². The maximum atomic E-state index is 11.4. The van der Waals surface area contributed by atoms with E-state index in [0.717, 1.165) is 25.7 Å². The molecule has 0 aliphatic carbocycles. The molecule has 0 saturated carbocycles. The Bertz CT molecular complexity index is 447. The highest BCUT2D eigenvalue weighted by Gasteiger charge is 2.09. The lowest BCUT2D eigenvalue weighted by atomic mass is 10.1. The zero-order chi connectivity index (χ0) is 18.4. The maximum absolute atomic E-state index is 11.4. The summed E-state index contributed by atoms with van der Waals surface area (Å²) in [6.07, 6.45) is 12.2. The van der Waals surface area contributed by atoms with Gasteiger partial charge in [-0.25, -0.2) is 0 Å². The van der Waals surface area contributed by atoms with Gasteiger partial charge in [-0.1, -0.05) is 34.4 Å². The summed E-state index contributed by atoms with van der Waals surface area (Å²) in [6, 6.07) is 0. The lowest BCUT2D eigenvalue weighted by Gasteiger charge is -1.98. The molecule has 0 radical (unpaired) electrons. The molecule has 0 aromatic rings. The van der Waals surface area contributed by atoms with Gasteiger partial charge in [0.2, 0.25) is 0 Å². The van der Waals surface area contributed by atoms with Crippen molar-refractivity contribution in [1.82, 2.24) is 0 Å². The van der Waals surface area contributed by atoms with Gasteiger partial charge in [-0.05, 0) is 79.4 Å². The highest BCUT2D eigenvalue weighted by atomic mass is 17.0. The molecule has 0 rings (SSSR count). The quantitative estimate of drug-likeness (QED) is 0.323. The summed E-state index contributed by atoms with van der Waals surface area (Å²) < 4.78 is 0. The molecule has 136 valence electrons. The average Bonchev–Trinajstić information content (AvgIpc) is 2.46. The van der Waals surface area contributed by atoms with Crippen molar-refractivity contribution in [2.75, 3.05) is 13.2 Å². The largest absolute Gasteiger partial charge is 0.478 e. The normalized spacial score (nSPS) is 11.8. The lowest BCUT2D eigenvalue weighted by molar-refractivity contribution is -0.978. The topological polar surface area (TPSA) is 38.5 Å². The van der Waals surface area contributed by atoms with Crippen molar-refractivity contribution in [3.05, 3.63) is 51.5 Å². The molecule has 0 aliphatic heterocycles. The molecule has 0 amide bonds. The molecule has 0 N–H and O–H groups in total. The van der Waals surface area contributed by atoms with E-state index < -0.39 is 0 Å². The third-order valence-corrected chi connectivity index (χ3v) is 3.41. The predicted octanol–water partition coefficient (Wildman–Crippen LogP) is 6.01. The molecule has 0 spiro atoms. The van der Waals surface area contributed by atoms with Crippen LogP contribution in [0.1, 0.15) is 67.2 Å². The molecule has 0 aromatic heterocycles. The van der Waals surface area contributed by atoms with Crippen LogP contribution in [0.2, 0.25) is 0 Å². The molecule has 4 nitrogen and oxygen atoms in total. The molecule has 0 saturated heterocycles. The Hall–Kier alpha value is -1.84. The van der Waals surface area contributed by atoms with E-state index in [1.807, 2.05) is 26.0 Å². The molecular formula is C20H34NO3+. The van der Waals surface area contributed by atoms with E-state index in [4.69, 9.17) is 9.68 Å². The first-order valence-electron chi connectivity index (χ1n) is 8.62. The summed E-state index contributed by atoms with van der Waals surface area (Å²) in [5.74, 6) is 0. The van der Waals surface area contributed by atoms with Gasteiger partial charge in [0, 0.05) is 0 Å². The molecule has 0 fully saturated rings. The van der Waals surface area contributed by atoms with E-state index in [0.29, 0.717) is 0 Å². The molecule has 0 heterocycles. The fourth-order valence-corrected chi connectivity index (χ4v) is 1.90. The first-order chi connectivity index (χ1) is 11.3. The number of hydrogen-bond acceptors (Lipinski definition) is 3. The second-order valence-electron chi connectivity index (χ2n) is 6.56. The molecular weight excluding hydrogens is 302 g/mol. The Morgan fingerprint density at radius 3 is 1.42 bits per heavy atom. The van der Waals surface area contributed by atoms with Crippen molar-refractivity contribution in [3.8, 4) is 0 Å². The van der Waals surface area contributed by atoms with E-state index >= 15 is 0 Å². The SMILES string of the molecule is CC(C)=CCC/C(C)=C/CO[N+](=O)OC/C=C(\C)CCC=C(C)C. The van der Waals surface area contributed by atoms with E-state index in [2.05, 4.69) is 39.8 Å². The highest BCUT2D eigenvalue weighted by Crippen LogP contribution is 2.07. The van der Waals surface area contributed by atoms with Gasteiger partial charge in [0.25, 0.3) is 0 Å². The number of rotatable bonds is 12. The standard InChI is InChI=1S/C20H34NO3/c1-17(2)9-7-11-19(5)13-15-23-21(22)24-16-14-20(6)12-8-10-18(3)4/h9-10,13-14H,7-8,11-12,15-16H2,1-6H3/q+1/b19-13+,20-14+. The smallest absolute Gasteiger partial charge is 0.182 e. The number of hydrogen-bond donors (Lipinski definition) is 0. The Labute approximate surface area is 147 Å². The van der Waals surface area contributed by atoms with Crippen LogP contribution in [-0.4, -0.2) is 18.3 Å². The Morgan fingerprint density at radius 1 is 0.708 bits per heavy atom. The molecule has 24 heavy (non-hydrogen) atoms. The fourth-order valence-electron chi connectivity index (χ4n) is 1.90. The van der Waals surface area contributed by atoms with Crippen LogP contribution >= 0.6 is 0 Å². The van der Waals surface area contributed by atoms with Gasteiger partial charge in [0.05, 0.1) is 0 Å². The molecule has 0 unspecified atom stereocenters. The average molecular weight is 336 g/mol. The zero-order valence-corrected chi connectivity index (χ0v) is 16.2. The molecule has 0 atom stereocenters. The lowest BCUT2D eigenvalue weighted by Crippen LogP contribution is -2.11. The van der Waals surface area contributed by atoms with E-state index in [9.17, 15) is 4.91 Å². The Balaban J connectivity index is 3.90. The summed E-state index contributed by atoms with van der Waals surface area (Å²) in [5.41, 5.74) is 5.05. The molecule has 0 bridgehead atoms. The third kappa shape index (κ3) is 15.1. The first-order valence-corrected chi connectivity index (χ1v) is 8.62. The van der Waals surface area contributed by atoms with Crippen LogP contribution in [0.15, 0.2) is 46.6 Å². The van der Waals surface area contributed by atoms with Gasteiger partial charge in [0.15, 0.2) is 13.2 Å². The molecule has 0 aliphatic rings. The highest BCUT2D eigenvalue weighted by molar-refractivity contribution is 5.02. The number of nitrogens with zero attached hydrogens (tertiary/aromatic N) is 1. The maximum Gasteiger partial charge on any atom is 0.478 e. The van der Waals surface area contributed by atoms with Gasteiger partial charge in [-0.15, -0.1) is 0 Å². The van der Waals surface area contributed by atoms with E-state index in [1.165, 1.54) is 22.3 Å². The van der Waals surface area contributed by atoms with Gasteiger partial charge in [-0.3, -0.25) is 0 Å². The second kappa shape index (κ2) is 13.6. The summed E-state index contributed by atoms with van der Waals surface area (Å²) in [5, 5.41) is 0.194. The third-order valence-electron chi connectivity index (χ3n) is 3.41. The Kier molecular flexibility index (Phi) is 12.5. The molecule has 4 heteroatoms. The van der Waals surface area contributed by atoms with Crippen molar-refractivity contribution in [2.45, 2.75) is 67.2 Å². The van der Waals surface area contributed by atoms with E-state index in [-0.39, 0.29) is 18.3 Å².